The van der Waals surface area contributed by atoms with Crippen molar-refractivity contribution < 1.29 is 4.79 Å². The summed E-state index contributed by atoms with van der Waals surface area (Å²) in [4.78, 5) is 12.1. The normalized spacial score (nSPS) is 13.4. The number of halogens is 1. The molecule has 21 heavy (non-hydrogen) atoms. The summed E-state index contributed by atoms with van der Waals surface area (Å²) in [5.74, 6) is 0. The van der Waals surface area contributed by atoms with Crippen LogP contribution in [0, 0.1) is 0 Å². The number of hydrogen-bond acceptors (Lipinski definition) is 1. The lowest BCUT2D eigenvalue weighted by Crippen LogP contribution is -2.25. The Morgan fingerprint density at radius 2 is 1.10 bits per heavy atom. The smallest absolute Gasteiger partial charge is 0.252 e. The Bertz CT molecular complexity index is 513. The van der Waals surface area contributed by atoms with Crippen molar-refractivity contribution in [1.29, 1.82) is 0 Å². The van der Waals surface area contributed by atoms with E-state index in [9.17, 15) is 4.79 Å². The van der Waals surface area contributed by atoms with Gasteiger partial charge in [-0.1, -0.05) is 74.4 Å². The molecule has 1 aromatic carbocycles. The van der Waals surface area contributed by atoms with E-state index in [1.165, 1.54) is 5.56 Å². The van der Waals surface area contributed by atoms with Gasteiger partial charge in [-0.3, -0.25) is 4.79 Å². The SMILES string of the molecule is CC(C)(C)c1cc(C(C)(C)C)c(C(=O)Cl)c(C(C)(C)C)c1. The first-order valence-electron chi connectivity index (χ1n) is 7.55. The third kappa shape index (κ3) is 4.10. The molecule has 0 N–H and O–H groups in total. The molecule has 0 unspecified atom stereocenters. The highest BCUT2D eigenvalue weighted by Gasteiger charge is 2.31. The maximum atomic E-state index is 12.1. The second-order valence-corrected chi connectivity index (χ2v) is 9.31. The summed E-state index contributed by atoms with van der Waals surface area (Å²) < 4.78 is 0. The molecule has 0 aliphatic rings. The highest BCUT2D eigenvalue weighted by molar-refractivity contribution is 6.68. The van der Waals surface area contributed by atoms with Crippen LogP contribution < -0.4 is 0 Å². The van der Waals surface area contributed by atoms with Crippen LogP contribution in [0.2, 0.25) is 0 Å². The standard InChI is InChI=1S/C19H29ClO/c1-17(2,3)12-10-13(18(4,5)6)15(16(20)21)14(11-12)19(7,8)9/h10-11H,1-9H3. The number of carbonyl (C=O) groups excluding carboxylic acids is 1. The zero-order valence-electron chi connectivity index (χ0n) is 14.9. The molecule has 0 atom stereocenters. The number of rotatable bonds is 1. The molecule has 1 rings (SSSR count). The molecule has 0 aliphatic heterocycles. The average molecular weight is 309 g/mol. The van der Waals surface area contributed by atoms with Gasteiger partial charge in [0.15, 0.2) is 0 Å². The van der Waals surface area contributed by atoms with Gasteiger partial charge in [-0.2, -0.15) is 0 Å². The Labute approximate surface area is 135 Å². The van der Waals surface area contributed by atoms with Crippen LogP contribution in [0.3, 0.4) is 0 Å². The third-order valence-corrected chi connectivity index (χ3v) is 4.01. The Morgan fingerprint density at radius 3 is 1.29 bits per heavy atom. The van der Waals surface area contributed by atoms with Gasteiger partial charge in [-0.05, 0) is 44.5 Å². The lowest BCUT2D eigenvalue weighted by atomic mass is 9.72. The van der Waals surface area contributed by atoms with Gasteiger partial charge in [-0.25, -0.2) is 0 Å². The first-order chi connectivity index (χ1) is 9.15. The molecule has 118 valence electrons. The van der Waals surface area contributed by atoms with Gasteiger partial charge in [0.1, 0.15) is 0 Å². The van der Waals surface area contributed by atoms with E-state index in [1.54, 1.807) is 0 Å². The van der Waals surface area contributed by atoms with Crippen molar-refractivity contribution in [2.45, 2.75) is 78.6 Å². The minimum atomic E-state index is -0.356. The molecule has 0 amide bonds. The van der Waals surface area contributed by atoms with Crippen molar-refractivity contribution >= 4 is 16.8 Å². The van der Waals surface area contributed by atoms with E-state index in [0.29, 0.717) is 5.56 Å². The van der Waals surface area contributed by atoms with Crippen LogP contribution >= 0.6 is 11.6 Å². The summed E-state index contributed by atoms with van der Waals surface area (Å²) in [6.07, 6.45) is 0. The van der Waals surface area contributed by atoms with Gasteiger partial charge >= 0.3 is 0 Å². The van der Waals surface area contributed by atoms with Crippen molar-refractivity contribution in [2.75, 3.05) is 0 Å². The first kappa shape index (κ1) is 18.2. The van der Waals surface area contributed by atoms with Crippen molar-refractivity contribution in [3.05, 3.63) is 34.4 Å². The minimum absolute atomic E-state index is 0.0356. The molecule has 1 aromatic rings. The molecule has 0 aromatic heterocycles. The topological polar surface area (TPSA) is 17.1 Å². The molecule has 0 bridgehead atoms. The first-order valence-corrected chi connectivity index (χ1v) is 7.93. The van der Waals surface area contributed by atoms with Crippen LogP contribution in [0.25, 0.3) is 0 Å². The maximum absolute atomic E-state index is 12.1. The van der Waals surface area contributed by atoms with Crippen molar-refractivity contribution in [3.63, 3.8) is 0 Å². The van der Waals surface area contributed by atoms with Crippen LogP contribution in [-0.2, 0) is 16.2 Å². The van der Waals surface area contributed by atoms with E-state index < -0.39 is 0 Å². The fourth-order valence-electron chi connectivity index (χ4n) is 2.47. The fraction of sp³-hybridized carbons (Fsp3) is 0.632. The van der Waals surface area contributed by atoms with Gasteiger partial charge in [0.25, 0.3) is 5.24 Å². The highest BCUT2D eigenvalue weighted by atomic mass is 35.5. The minimum Gasteiger partial charge on any atom is -0.276 e. The summed E-state index contributed by atoms with van der Waals surface area (Å²) >= 11 is 5.95. The van der Waals surface area contributed by atoms with E-state index in [4.69, 9.17) is 11.6 Å². The van der Waals surface area contributed by atoms with Crippen molar-refractivity contribution in [1.82, 2.24) is 0 Å². The number of hydrogen-bond donors (Lipinski definition) is 0. The van der Waals surface area contributed by atoms with E-state index >= 15 is 0 Å². The Kier molecular flexibility index (Phi) is 4.71. The molecule has 0 spiro atoms. The van der Waals surface area contributed by atoms with Crippen LogP contribution in [0.5, 0.6) is 0 Å². The van der Waals surface area contributed by atoms with Crippen LogP contribution in [0.4, 0.5) is 0 Å². The number of carbonyl (C=O) groups is 1. The largest absolute Gasteiger partial charge is 0.276 e. The predicted octanol–water partition coefficient (Wildman–Crippen LogP) is 5.96. The molecular weight excluding hydrogens is 280 g/mol. The molecule has 0 aliphatic carbocycles. The number of benzene rings is 1. The van der Waals surface area contributed by atoms with Crippen LogP contribution in [0.15, 0.2) is 12.1 Å². The maximum Gasteiger partial charge on any atom is 0.252 e. The lowest BCUT2D eigenvalue weighted by Gasteiger charge is -2.32. The zero-order chi connectivity index (χ0) is 16.8. The predicted molar refractivity (Wildman–Crippen MR) is 92.7 cm³/mol. The molecule has 2 heteroatoms. The Morgan fingerprint density at radius 1 is 0.762 bits per heavy atom. The van der Waals surface area contributed by atoms with Gasteiger partial charge in [0, 0.05) is 5.56 Å². The summed E-state index contributed by atoms with van der Waals surface area (Å²) in [5, 5.41) is -0.356. The second-order valence-electron chi connectivity index (χ2n) is 8.97. The third-order valence-electron chi connectivity index (χ3n) is 3.82. The van der Waals surface area contributed by atoms with E-state index in [1.807, 2.05) is 0 Å². The lowest BCUT2D eigenvalue weighted by molar-refractivity contribution is 0.107. The summed E-state index contributed by atoms with van der Waals surface area (Å²) in [7, 11) is 0. The summed E-state index contributed by atoms with van der Waals surface area (Å²) in [6.45, 7) is 19.4. The summed E-state index contributed by atoms with van der Waals surface area (Å²) in [5.41, 5.74) is 3.80. The van der Waals surface area contributed by atoms with E-state index in [2.05, 4.69) is 74.4 Å². The molecule has 1 nitrogen and oxygen atoms in total. The molecule has 0 heterocycles. The van der Waals surface area contributed by atoms with E-state index in [0.717, 1.165) is 11.1 Å². The summed E-state index contributed by atoms with van der Waals surface area (Å²) in [6, 6.07) is 4.32. The second kappa shape index (κ2) is 5.43. The average Bonchev–Trinajstić information content (AvgIpc) is 2.23. The Balaban J connectivity index is 3.89. The molecular formula is C19H29ClO. The highest BCUT2D eigenvalue weighted by Crippen LogP contribution is 2.38. The molecule has 0 radical (unpaired) electrons. The van der Waals surface area contributed by atoms with Gasteiger partial charge in [0.05, 0.1) is 0 Å². The van der Waals surface area contributed by atoms with Crippen LogP contribution in [-0.4, -0.2) is 5.24 Å². The van der Waals surface area contributed by atoms with Crippen LogP contribution in [0.1, 0.15) is 89.4 Å². The van der Waals surface area contributed by atoms with Crippen molar-refractivity contribution in [3.8, 4) is 0 Å². The van der Waals surface area contributed by atoms with E-state index in [-0.39, 0.29) is 21.5 Å². The Hall–Kier alpha value is -0.820. The van der Waals surface area contributed by atoms with Gasteiger partial charge < -0.3 is 0 Å². The zero-order valence-corrected chi connectivity index (χ0v) is 15.7. The molecule has 0 fully saturated rings. The monoisotopic (exact) mass is 308 g/mol. The fourth-order valence-corrected chi connectivity index (χ4v) is 2.67. The quantitative estimate of drug-likeness (QED) is 0.585. The molecule has 0 saturated heterocycles. The van der Waals surface area contributed by atoms with Crippen molar-refractivity contribution in [2.24, 2.45) is 0 Å². The molecule has 0 saturated carbocycles. The van der Waals surface area contributed by atoms with Gasteiger partial charge in [0.2, 0.25) is 0 Å². The van der Waals surface area contributed by atoms with Gasteiger partial charge in [-0.15, -0.1) is 0 Å².